The minimum atomic E-state index is -0.142. The van der Waals surface area contributed by atoms with Crippen LogP contribution >= 0.6 is 11.8 Å². The largest absolute Gasteiger partial charge is 0.383 e. The molecule has 0 aliphatic heterocycles. The van der Waals surface area contributed by atoms with Crippen LogP contribution in [-0.4, -0.2) is 40.7 Å². The van der Waals surface area contributed by atoms with Crippen LogP contribution in [0.25, 0.3) is 0 Å². The number of rotatable bonds is 6. The summed E-state index contributed by atoms with van der Waals surface area (Å²) in [5, 5.41) is 7.82. The molecule has 0 saturated carbocycles. The summed E-state index contributed by atoms with van der Waals surface area (Å²) in [4.78, 5) is 0. The number of aryl methyl sites for hydroxylation is 1. The van der Waals surface area contributed by atoms with Gasteiger partial charge in [0.05, 0.1) is 31.1 Å². The lowest BCUT2D eigenvalue weighted by atomic mass is 10.2. The number of nitrogens with zero attached hydrogens (tertiary/aromatic N) is 3. The zero-order valence-electron chi connectivity index (χ0n) is 8.51. The molecule has 0 fully saturated rings. The van der Waals surface area contributed by atoms with Crippen LogP contribution in [0.1, 0.15) is 11.7 Å². The Morgan fingerprint density at radius 2 is 2.50 bits per heavy atom. The molecule has 0 saturated heterocycles. The molecule has 0 amide bonds. The molecule has 2 N–H and O–H groups in total. The van der Waals surface area contributed by atoms with Crippen molar-refractivity contribution in [1.29, 1.82) is 0 Å². The van der Waals surface area contributed by atoms with Gasteiger partial charge in [0.2, 0.25) is 0 Å². The van der Waals surface area contributed by atoms with Gasteiger partial charge in [0.25, 0.3) is 0 Å². The third kappa shape index (κ3) is 2.97. The van der Waals surface area contributed by atoms with E-state index >= 15 is 0 Å². The van der Waals surface area contributed by atoms with Crippen molar-refractivity contribution < 1.29 is 4.74 Å². The van der Waals surface area contributed by atoms with Crippen molar-refractivity contribution in [2.45, 2.75) is 12.6 Å². The highest BCUT2D eigenvalue weighted by molar-refractivity contribution is 7.98. The van der Waals surface area contributed by atoms with Crippen molar-refractivity contribution in [3.63, 3.8) is 0 Å². The second-order valence-corrected chi connectivity index (χ2v) is 3.92. The van der Waals surface area contributed by atoms with E-state index in [-0.39, 0.29) is 6.04 Å². The lowest BCUT2D eigenvalue weighted by Gasteiger charge is -2.11. The fourth-order valence-corrected chi connectivity index (χ4v) is 1.52. The minimum absolute atomic E-state index is 0.142. The first kappa shape index (κ1) is 11.5. The van der Waals surface area contributed by atoms with Gasteiger partial charge in [-0.05, 0) is 6.26 Å². The van der Waals surface area contributed by atoms with Crippen LogP contribution in [0.4, 0.5) is 0 Å². The Bertz CT molecular complexity index is 266. The Morgan fingerprint density at radius 1 is 1.71 bits per heavy atom. The fourth-order valence-electron chi connectivity index (χ4n) is 1.17. The molecule has 0 radical (unpaired) electrons. The highest BCUT2D eigenvalue weighted by Gasteiger charge is 2.11. The summed E-state index contributed by atoms with van der Waals surface area (Å²) in [5.74, 6) is 1.01. The van der Waals surface area contributed by atoms with Crippen LogP contribution in [0, 0.1) is 0 Å². The number of thioether (sulfide) groups is 1. The molecule has 6 heteroatoms. The van der Waals surface area contributed by atoms with Crippen molar-refractivity contribution in [2.24, 2.45) is 5.73 Å². The van der Waals surface area contributed by atoms with Gasteiger partial charge in [-0.1, -0.05) is 5.21 Å². The first-order valence-electron chi connectivity index (χ1n) is 4.41. The summed E-state index contributed by atoms with van der Waals surface area (Å²) in [6.45, 7) is 1.33. The second-order valence-electron chi connectivity index (χ2n) is 2.94. The number of methoxy groups -OCH3 is 1. The van der Waals surface area contributed by atoms with Gasteiger partial charge in [0, 0.05) is 12.9 Å². The maximum atomic E-state index is 5.89. The van der Waals surface area contributed by atoms with Crippen LogP contribution in [0.5, 0.6) is 0 Å². The third-order valence-electron chi connectivity index (χ3n) is 1.88. The van der Waals surface area contributed by atoms with Gasteiger partial charge in [0.15, 0.2) is 0 Å². The second kappa shape index (κ2) is 6.00. The molecular weight excluding hydrogens is 200 g/mol. The zero-order valence-corrected chi connectivity index (χ0v) is 9.33. The molecule has 1 unspecified atom stereocenters. The number of nitrogens with two attached hydrogens (primary N) is 1. The van der Waals surface area contributed by atoms with Gasteiger partial charge < -0.3 is 10.5 Å². The van der Waals surface area contributed by atoms with Crippen molar-refractivity contribution in [3.8, 4) is 0 Å². The van der Waals surface area contributed by atoms with E-state index in [1.54, 1.807) is 25.1 Å². The molecule has 0 aliphatic carbocycles. The Balaban J connectivity index is 2.61. The van der Waals surface area contributed by atoms with Crippen LogP contribution in [0.2, 0.25) is 0 Å². The predicted octanol–water partition coefficient (Wildman–Crippen LogP) is 0.287. The van der Waals surface area contributed by atoms with Gasteiger partial charge >= 0.3 is 0 Å². The van der Waals surface area contributed by atoms with E-state index < -0.39 is 0 Å². The lowest BCUT2D eigenvalue weighted by Crippen LogP contribution is -2.21. The third-order valence-corrected chi connectivity index (χ3v) is 2.47. The standard InChI is InChI=1S/C8H16N4OS/c1-13-6-7(9)8-5-10-11-12(8)3-4-14-2/h5,7H,3-4,6,9H2,1-2H3. The summed E-state index contributed by atoms with van der Waals surface area (Å²) < 4.78 is 6.82. The molecule has 14 heavy (non-hydrogen) atoms. The normalized spacial score (nSPS) is 13.1. The van der Waals surface area contributed by atoms with E-state index in [2.05, 4.69) is 16.6 Å². The first-order chi connectivity index (χ1) is 6.79. The van der Waals surface area contributed by atoms with Crippen molar-refractivity contribution in [2.75, 3.05) is 25.7 Å². The highest BCUT2D eigenvalue weighted by Crippen LogP contribution is 2.08. The SMILES string of the molecule is COCC(N)c1cnnn1CCSC. The number of ether oxygens (including phenoxy) is 1. The van der Waals surface area contributed by atoms with Crippen LogP contribution < -0.4 is 5.73 Å². The molecule has 80 valence electrons. The van der Waals surface area contributed by atoms with E-state index in [9.17, 15) is 0 Å². The molecule has 1 aromatic heterocycles. The topological polar surface area (TPSA) is 66.0 Å². The summed E-state index contributed by atoms with van der Waals surface area (Å²) in [6, 6.07) is -0.142. The van der Waals surface area contributed by atoms with Gasteiger partial charge in [-0.15, -0.1) is 5.10 Å². The minimum Gasteiger partial charge on any atom is -0.383 e. The average molecular weight is 216 g/mol. The Kier molecular flexibility index (Phi) is 4.92. The van der Waals surface area contributed by atoms with Crippen LogP contribution in [-0.2, 0) is 11.3 Å². The van der Waals surface area contributed by atoms with E-state index in [0.717, 1.165) is 18.0 Å². The summed E-state index contributed by atoms with van der Waals surface area (Å²) in [6.07, 6.45) is 3.76. The van der Waals surface area contributed by atoms with E-state index in [4.69, 9.17) is 10.5 Å². The monoisotopic (exact) mass is 216 g/mol. The van der Waals surface area contributed by atoms with Gasteiger partial charge in [0.1, 0.15) is 0 Å². The molecule has 0 spiro atoms. The van der Waals surface area contributed by atoms with Crippen LogP contribution in [0.15, 0.2) is 6.20 Å². The maximum absolute atomic E-state index is 5.89. The molecular formula is C8H16N4OS. The van der Waals surface area contributed by atoms with Gasteiger partial charge in [-0.3, -0.25) is 0 Å². The highest BCUT2D eigenvalue weighted by atomic mass is 32.2. The molecule has 1 aromatic rings. The Labute approximate surface area is 88.0 Å². The van der Waals surface area contributed by atoms with Gasteiger partial charge in [-0.25, -0.2) is 4.68 Å². The summed E-state index contributed by atoms with van der Waals surface area (Å²) in [7, 11) is 1.63. The number of hydrogen-bond acceptors (Lipinski definition) is 5. The summed E-state index contributed by atoms with van der Waals surface area (Å²) in [5.41, 5.74) is 6.82. The Hall–Kier alpha value is -0.590. The smallest absolute Gasteiger partial charge is 0.0778 e. The fraction of sp³-hybridized carbons (Fsp3) is 0.750. The van der Waals surface area contributed by atoms with E-state index in [1.165, 1.54) is 0 Å². The molecule has 0 aliphatic rings. The van der Waals surface area contributed by atoms with E-state index in [1.807, 2.05) is 4.68 Å². The number of aromatic nitrogens is 3. The first-order valence-corrected chi connectivity index (χ1v) is 5.80. The zero-order chi connectivity index (χ0) is 10.4. The van der Waals surface area contributed by atoms with Crippen molar-refractivity contribution >= 4 is 11.8 Å². The lowest BCUT2D eigenvalue weighted by molar-refractivity contribution is 0.178. The molecule has 1 atom stereocenters. The Morgan fingerprint density at radius 3 is 3.14 bits per heavy atom. The van der Waals surface area contributed by atoms with Crippen molar-refractivity contribution in [1.82, 2.24) is 15.0 Å². The molecule has 0 aromatic carbocycles. The maximum Gasteiger partial charge on any atom is 0.0778 e. The number of hydrogen-bond donors (Lipinski definition) is 1. The van der Waals surface area contributed by atoms with Gasteiger partial charge in [-0.2, -0.15) is 11.8 Å². The van der Waals surface area contributed by atoms with E-state index in [0.29, 0.717) is 6.61 Å². The molecule has 5 nitrogen and oxygen atoms in total. The molecule has 1 heterocycles. The average Bonchev–Trinajstić information content (AvgIpc) is 2.63. The molecule has 1 rings (SSSR count). The predicted molar refractivity (Wildman–Crippen MR) is 57.2 cm³/mol. The van der Waals surface area contributed by atoms with Crippen molar-refractivity contribution in [3.05, 3.63) is 11.9 Å². The summed E-state index contributed by atoms with van der Waals surface area (Å²) >= 11 is 1.77. The molecule has 0 bridgehead atoms. The quantitative estimate of drug-likeness (QED) is 0.740. The van der Waals surface area contributed by atoms with Crippen LogP contribution in [0.3, 0.4) is 0 Å².